The van der Waals surface area contributed by atoms with Crippen molar-refractivity contribution < 1.29 is 4.79 Å². The third-order valence-electron chi connectivity index (χ3n) is 3.68. The van der Waals surface area contributed by atoms with Gasteiger partial charge in [-0.2, -0.15) is 0 Å². The van der Waals surface area contributed by atoms with Crippen molar-refractivity contribution in [1.29, 1.82) is 0 Å². The van der Waals surface area contributed by atoms with Gasteiger partial charge in [0.2, 0.25) is 5.91 Å². The van der Waals surface area contributed by atoms with Crippen LogP contribution in [-0.2, 0) is 4.79 Å². The molecule has 1 amide bonds. The Bertz CT molecular complexity index is 591. The van der Waals surface area contributed by atoms with Crippen LogP contribution in [-0.4, -0.2) is 15.9 Å². The summed E-state index contributed by atoms with van der Waals surface area (Å²) in [5.41, 5.74) is 1.65. The van der Waals surface area contributed by atoms with Gasteiger partial charge in [-0.15, -0.1) is 0 Å². The number of carbonyl (C=O) groups excluding carboxylic acids is 1. The molecular weight excluding hydrogens is 238 g/mol. The number of fused-ring (bicyclic) bond motifs is 1. The van der Waals surface area contributed by atoms with E-state index in [-0.39, 0.29) is 11.8 Å². The molecule has 1 heterocycles. The molecule has 0 radical (unpaired) electrons. The molecule has 1 aromatic heterocycles. The first-order valence-corrected chi connectivity index (χ1v) is 6.85. The Morgan fingerprint density at radius 1 is 1.11 bits per heavy atom. The molecule has 0 spiro atoms. The minimum absolute atomic E-state index is 0.0873. The molecule has 1 fully saturated rings. The van der Waals surface area contributed by atoms with Crippen molar-refractivity contribution >= 4 is 22.8 Å². The Morgan fingerprint density at radius 3 is 2.63 bits per heavy atom. The molecule has 1 aliphatic rings. The van der Waals surface area contributed by atoms with Crippen LogP contribution in [0.1, 0.15) is 32.1 Å². The molecule has 19 heavy (non-hydrogen) atoms. The van der Waals surface area contributed by atoms with Crippen LogP contribution in [0.15, 0.2) is 30.5 Å². The van der Waals surface area contributed by atoms with Crippen LogP contribution < -0.4 is 5.32 Å². The second kappa shape index (κ2) is 5.34. The normalized spacial score (nSPS) is 16.4. The molecule has 4 heteroatoms. The van der Waals surface area contributed by atoms with Gasteiger partial charge in [0.1, 0.15) is 0 Å². The van der Waals surface area contributed by atoms with E-state index in [9.17, 15) is 4.79 Å². The highest BCUT2D eigenvalue weighted by atomic mass is 16.1. The zero-order valence-corrected chi connectivity index (χ0v) is 10.8. The van der Waals surface area contributed by atoms with Crippen molar-refractivity contribution in [2.45, 2.75) is 32.1 Å². The summed E-state index contributed by atoms with van der Waals surface area (Å²) in [4.78, 5) is 20.8. The number of nitrogens with one attached hydrogen (secondary N) is 1. The lowest BCUT2D eigenvalue weighted by molar-refractivity contribution is -0.120. The van der Waals surface area contributed by atoms with Crippen LogP contribution in [0.25, 0.3) is 11.0 Å². The summed E-state index contributed by atoms with van der Waals surface area (Å²) in [6.45, 7) is 0. The topological polar surface area (TPSA) is 54.9 Å². The molecule has 3 rings (SSSR count). The van der Waals surface area contributed by atoms with Crippen molar-refractivity contribution in [1.82, 2.24) is 9.97 Å². The fraction of sp³-hybridized carbons (Fsp3) is 0.400. The average molecular weight is 255 g/mol. The number of hydrogen-bond donors (Lipinski definition) is 1. The van der Waals surface area contributed by atoms with Crippen LogP contribution in [0.4, 0.5) is 5.82 Å². The van der Waals surface area contributed by atoms with E-state index >= 15 is 0 Å². The van der Waals surface area contributed by atoms with E-state index in [1.165, 1.54) is 6.42 Å². The van der Waals surface area contributed by atoms with Crippen molar-refractivity contribution in [2.75, 3.05) is 5.32 Å². The van der Waals surface area contributed by atoms with Gasteiger partial charge in [-0.25, -0.2) is 4.98 Å². The molecule has 1 saturated carbocycles. The lowest BCUT2D eigenvalue weighted by Crippen LogP contribution is -2.25. The first-order chi connectivity index (χ1) is 9.33. The number of carbonyl (C=O) groups is 1. The summed E-state index contributed by atoms with van der Waals surface area (Å²) in [5.74, 6) is 0.778. The van der Waals surface area contributed by atoms with E-state index < -0.39 is 0 Å². The van der Waals surface area contributed by atoms with E-state index in [2.05, 4.69) is 15.3 Å². The molecule has 4 nitrogen and oxygen atoms in total. The van der Waals surface area contributed by atoms with Gasteiger partial charge in [0.05, 0.1) is 17.2 Å². The molecule has 0 atom stereocenters. The van der Waals surface area contributed by atoms with Crippen LogP contribution >= 0.6 is 0 Å². The lowest BCUT2D eigenvalue weighted by atomic mass is 9.89. The van der Waals surface area contributed by atoms with Crippen LogP contribution in [0.2, 0.25) is 0 Å². The molecule has 1 aliphatic carbocycles. The summed E-state index contributed by atoms with van der Waals surface area (Å²) in [7, 11) is 0. The van der Waals surface area contributed by atoms with Gasteiger partial charge in [0.25, 0.3) is 0 Å². The minimum atomic E-state index is 0.0873. The smallest absolute Gasteiger partial charge is 0.228 e. The highest BCUT2D eigenvalue weighted by Crippen LogP contribution is 2.24. The van der Waals surface area contributed by atoms with Gasteiger partial charge in [0.15, 0.2) is 5.82 Å². The first kappa shape index (κ1) is 12.1. The lowest BCUT2D eigenvalue weighted by Gasteiger charge is -2.20. The molecule has 1 aromatic carbocycles. The number of rotatable bonds is 2. The van der Waals surface area contributed by atoms with Gasteiger partial charge in [-0.3, -0.25) is 9.78 Å². The maximum Gasteiger partial charge on any atom is 0.228 e. The largest absolute Gasteiger partial charge is 0.309 e. The fourth-order valence-corrected chi connectivity index (χ4v) is 2.61. The van der Waals surface area contributed by atoms with Gasteiger partial charge in [-0.1, -0.05) is 31.4 Å². The number of aromatic nitrogens is 2. The van der Waals surface area contributed by atoms with E-state index in [0.717, 1.165) is 36.7 Å². The summed E-state index contributed by atoms with van der Waals surface area (Å²) >= 11 is 0. The zero-order chi connectivity index (χ0) is 13.1. The number of nitrogens with zero attached hydrogens (tertiary/aromatic N) is 2. The van der Waals surface area contributed by atoms with E-state index in [1.54, 1.807) is 6.20 Å². The van der Waals surface area contributed by atoms with E-state index in [0.29, 0.717) is 5.82 Å². The number of para-hydroxylation sites is 2. The van der Waals surface area contributed by atoms with Gasteiger partial charge in [-0.05, 0) is 25.0 Å². The van der Waals surface area contributed by atoms with E-state index in [4.69, 9.17) is 0 Å². The van der Waals surface area contributed by atoms with Gasteiger partial charge >= 0.3 is 0 Å². The van der Waals surface area contributed by atoms with Gasteiger partial charge < -0.3 is 5.32 Å². The Morgan fingerprint density at radius 2 is 1.84 bits per heavy atom. The monoisotopic (exact) mass is 255 g/mol. The predicted octanol–water partition coefficient (Wildman–Crippen LogP) is 3.15. The molecule has 2 aromatic rings. The van der Waals surface area contributed by atoms with Crippen molar-refractivity contribution in [3.8, 4) is 0 Å². The zero-order valence-electron chi connectivity index (χ0n) is 10.8. The Labute approximate surface area is 112 Å². The second-order valence-electron chi connectivity index (χ2n) is 5.07. The van der Waals surface area contributed by atoms with E-state index in [1.807, 2.05) is 24.3 Å². The third kappa shape index (κ3) is 2.72. The molecule has 0 saturated heterocycles. The Kier molecular flexibility index (Phi) is 3.40. The average Bonchev–Trinajstić information content (AvgIpc) is 2.48. The Balaban J connectivity index is 1.75. The van der Waals surface area contributed by atoms with Crippen molar-refractivity contribution in [2.24, 2.45) is 5.92 Å². The minimum Gasteiger partial charge on any atom is -0.309 e. The molecule has 0 aliphatic heterocycles. The van der Waals surface area contributed by atoms with Crippen LogP contribution in [0, 0.1) is 5.92 Å². The SMILES string of the molecule is O=C(Nc1cnc2ccccc2n1)C1CCCCC1. The second-order valence-corrected chi connectivity index (χ2v) is 5.07. The maximum absolute atomic E-state index is 12.1. The Hall–Kier alpha value is -1.97. The van der Waals surface area contributed by atoms with Crippen LogP contribution in [0.3, 0.4) is 0 Å². The van der Waals surface area contributed by atoms with Crippen molar-refractivity contribution in [3.05, 3.63) is 30.5 Å². The predicted molar refractivity (Wildman–Crippen MR) is 74.7 cm³/mol. The first-order valence-electron chi connectivity index (χ1n) is 6.85. The number of amides is 1. The summed E-state index contributed by atoms with van der Waals surface area (Å²) in [5, 5.41) is 2.89. The third-order valence-corrected chi connectivity index (χ3v) is 3.68. The molecule has 98 valence electrons. The highest BCUT2D eigenvalue weighted by molar-refractivity contribution is 5.92. The van der Waals surface area contributed by atoms with Gasteiger partial charge in [0, 0.05) is 5.92 Å². The molecule has 0 unspecified atom stereocenters. The maximum atomic E-state index is 12.1. The highest BCUT2D eigenvalue weighted by Gasteiger charge is 2.21. The quantitative estimate of drug-likeness (QED) is 0.896. The van der Waals surface area contributed by atoms with Crippen LogP contribution in [0.5, 0.6) is 0 Å². The number of hydrogen-bond acceptors (Lipinski definition) is 3. The fourth-order valence-electron chi connectivity index (χ4n) is 2.61. The summed E-state index contributed by atoms with van der Waals surface area (Å²) in [6, 6.07) is 7.66. The summed E-state index contributed by atoms with van der Waals surface area (Å²) < 4.78 is 0. The number of anilines is 1. The van der Waals surface area contributed by atoms with Crippen molar-refractivity contribution in [3.63, 3.8) is 0 Å². The molecule has 0 bridgehead atoms. The standard InChI is InChI=1S/C15H17N3O/c19-15(11-6-2-1-3-7-11)18-14-10-16-12-8-4-5-9-13(12)17-14/h4-5,8-11H,1-3,6-7H2,(H,17,18,19). The summed E-state index contributed by atoms with van der Waals surface area (Å²) in [6.07, 6.45) is 7.17. The number of benzene rings is 1. The molecular formula is C15H17N3O. The molecule has 1 N–H and O–H groups in total.